The topological polar surface area (TPSA) is 121 Å². The molecule has 0 unspecified atom stereocenters. The zero-order valence-corrected chi connectivity index (χ0v) is 18.5. The van der Waals surface area contributed by atoms with Crippen LogP contribution in [0.4, 0.5) is 23.7 Å². The van der Waals surface area contributed by atoms with Crippen molar-refractivity contribution in [3.8, 4) is 5.75 Å². The fourth-order valence-electron chi connectivity index (χ4n) is 3.44. The van der Waals surface area contributed by atoms with Gasteiger partial charge in [-0.2, -0.15) is 13.2 Å². The summed E-state index contributed by atoms with van der Waals surface area (Å²) in [4.78, 5) is 36.1. The predicted octanol–water partition coefficient (Wildman–Crippen LogP) is 4.04. The number of amides is 2. The maximum Gasteiger partial charge on any atom is 0.416 e. The van der Waals surface area contributed by atoms with Crippen LogP contribution in [0.5, 0.6) is 5.75 Å². The number of hydrogen-bond donors (Lipinski definition) is 4. The molecule has 1 atom stereocenters. The number of benzene rings is 2. The fraction of sp³-hybridized carbons (Fsp3) is 0.208. The normalized spacial score (nSPS) is 12.1. The third-order valence-electron chi connectivity index (χ3n) is 5.21. The molecule has 0 aliphatic rings. The van der Waals surface area contributed by atoms with Crippen LogP contribution in [0.1, 0.15) is 34.7 Å². The molecular weight excluding hydrogens is 467 g/mol. The van der Waals surface area contributed by atoms with E-state index in [0.717, 1.165) is 16.7 Å². The summed E-state index contributed by atoms with van der Waals surface area (Å²) in [5.41, 5.74) is -0.0327. The van der Waals surface area contributed by atoms with E-state index in [2.05, 4.69) is 10.6 Å². The van der Waals surface area contributed by atoms with Crippen LogP contribution in [0, 0.1) is 0 Å². The molecule has 35 heavy (non-hydrogen) atoms. The van der Waals surface area contributed by atoms with Crippen molar-refractivity contribution in [2.24, 2.45) is 7.05 Å². The molecule has 3 aromatic rings. The highest BCUT2D eigenvalue weighted by Crippen LogP contribution is 2.29. The van der Waals surface area contributed by atoms with E-state index in [1.54, 1.807) is 24.3 Å². The van der Waals surface area contributed by atoms with E-state index in [-0.39, 0.29) is 12.1 Å². The molecule has 2 amide bonds. The zero-order chi connectivity index (χ0) is 25.8. The summed E-state index contributed by atoms with van der Waals surface area (Å²) in [6, 6.07) is 10.6. The van der Waals surface area contributed by atoms with Gasteiger partial charge in [0.05, 0.1) is 18.0 Å². The number of aliphatic carboxylic acids is 1. The van der Waals surface area contributed by atoms with Crippen LogP contribution in [0.15, 0.2) is 65.6 Å². The predicted molar refractivity (Wildman–Crippen MR) is 121 cm³/mol. The molecule has 0 aliphatic carbocycles. The number of alkyl halides is 3. The monoisotopic (exact) mass is 489 g/mol. The number of aryl methyl sites for hydroxylation is 1. The first kappa shape index (κ1) is 25.3. The molecule has 0 aliphatic heterocycles. The molecule has 4 N–H and O–H groups in total. The molecule has 0 saturated carbocycles. The average molecular weight is 489 g/mol. The lowest BCUT2D eigenvalue weighted by atomic mass is 9.97. The van der Waals surface area contributed by atoms with E-state index in [9.17, 15) is 37.8 Å². The second-order valence-electron chi connectivity index (χ2n) is 7.86. The first-order valence-corrected chi connectivity index (χ1v) is 10.4. The number of hydrogen-bond acceptors (Lipinski definition) is 4. The molecule has 1 aromatic heterocycles. The Balaban J connectivity index is 1.79. The summed E-state index contributed by atoms with van der Waals surface area (Å²) in [5, 5.41) is 23.9. The SMILES string of the molecule is Cn1ccc(O)c(NC(=O)N[C@@H](CC(=O)O)c2cccc(Cc3ccc(C(F)(F)F)cc3)c2)c1=O. The number of aromatic nitrogens is 1. The number of halogens is 3. The minimum atomic E-state index is -4.44. The number of urea groups is 1. The van der Waals surface area contributed by atoms with Gasteiger partial charge in [-0.05, 0) is 41.3 Å². The van der Waals surface area contributed by atoms with E-state index < -0.39 is 47.5 Å². The number of anilines is 1. The molecule has 184 valence electrons. The third kappa shape index (κ3) is 6.62. The van der Waals surface area contributed by atoms with Crippen LogP contribution in [0.2, 0.25) is 0 Å². The number of carboxylic acids is 1. The Bertz CT molecular complexity index is 1290. The van der Waals surface area contributed by atoms with E-state index in [0.29, 0.717) is 16.7 Å². The molecule has 8 nitrogen and oxygen atoms in total. The van der Waals surface area contributed by atoms with Crippen LogP contribution < -0.4 is 16.2 Å². The molecule has 2 aromatic carbocycles. The summed E-state index contributed by atoms with van der Waals surface area (Å²) >= 11 is 0. The Morgan fingerprint density at radius 3 is 2.37 bits per heavy atom. The van der Waals surface area contributed by atoms with Gasteiger partial charge in [-0.1, -0.05) is 36.4 Å². The lowest BCUT2D eigenvalue weighted by Crippen LogP contribution is -2.36. The highest BCUT2D eigenvalue weighted by atomic mass is 19.4. The van der Waals surface area contributed by atoms with E-state index in [1.165, 1.54) is 31.4 Å². The lowest BCUT2D eigenvalue weighted by Gasteiger charge is -2.19. The molecule has 0 saturated heterocycles. The molecular formula is C24H22F3N3O5. The lowest BCUT2D eigenvalue weighted by molar-refractivity contribution is -0.138. The number of carboxylic acid groups (broad SMARTS) is 1. The Morgan fingerprint density at radius 2 is 1.74 bits per heavy atom. The van der Waals surface area contributed by atoms with Crippen molar-refractivity contribution in [2.45, 2.75) is 25.1 Å². The van der Waals surface area contributed by atoms with Gasteiger partial charge in [0.2, 0.25) is 0 Å². The van der Waals surface area contributed by atoms with Gasteiger partial charge in [0, 0.05) is 13.2 Å². The van der Waals surface area contributed by atoms with Gasteiger partial charge in [-0.15, -0.1) is 0 Å². The minimum absolute atomic E-state index is 0.284. The summed E-state index contributed by atoms with van der Waals surface area (Å²) in [7, 11) is 1.43. The number of carbonyl (C=O) groups excluding carboxylic acids is 1. The zero-order valence-electron chi connectivity index (χ0n) is 18.5. The summed E-state index contributed by atoms with van der Waals surface area (Å²) in [6.45, 7) is 0. The van der Waals surface area contributed by atoms with Gasteiger partial charge >= 0.3 is 18.2 Å². The van der Waals surface area contributed by atoms with E-state index in [4.69, 9.17) is 0 Å². The van der Waals surface area contributed by atoms with E-state index >= 15 is 0 Å². The molecule has 0 bridgehead atoms. The van der Waals surface area contributed by atoms with Crippen molar-refractivity contribution in [2.75, 3.05) is 5.32 Å². The summed E-state index contributed by atoms with van der Waals surface area (Å²) in [6.07, 6.45) is -3.31. The van der Waals surface area contributed by atoms with Crippen molar-refractivity contribution in [3.63, 3.8) is 0 Å². The van der Waals surface area contributed by atoms with Crippen molar-refractivity contribution in [1.29, 1.82) is 0 Å². The number of pyridine rings is 1. The highest BCUT2D eigenvalue weighted by molar-refractivity contribution is 5.91. The molecule has 11 heteroatoms. The summed E-state index contributed by atoms with van der Waals surface area (Å²) < 4.78 is 39.5. The third-order valence-corrected chi connectivity index (χ3v) is 5.21. The number of rotatable bonds is 7. The Morgan fingerprint density at radius 1 is 1.06 bits per heavy atom. The van der Waals surface area contributed by atoms with Gasteiger partial charge in [-0.3, -0.25) is 9.59 Å². The number of nitrogens with one attached hydrogen (secondary N) is 2. The van der Waals surface area contributed by atoms with Crippen molar-refractivity contribution in [1.82, 2.24) is 9.88 Å². The maximum absolute atomic E-state index is 12.8. The van der Waals surface area contributed by atoms with Crippen molar-refractivity contribution < 1.29 is 33.0 Å². The first-order chi connectivity index (χ1) is 16.4. The van der Waals surface area contributed by atoms with Crippen molar-refractivity contribution >= 4 is 17.7 Å². The molecule has 1 heterocycles. The number of aromatic hydroxyl groups is 1. The molecule has 0 fully saturated rings. The molecule has 0 spiro atoms. The molecule has 0 radical (unpaired) electrons. The Labute approximate surface area is 197 Å². The van der Waals surface area contributed by atoms with Crippen LogP contribution in [0.3, 0.4) is 0 Å². The quantitative estimate of drug-likeness (QED) is 0.399. The fourth-order valence-corrected chi connectivity index (χ4v) is 3.44. The second kappa shape index (κ2) is 10.3. The average Bonchev–Trinajstić information content (AvgIpc) is 2.78. The van der Waals surface area contributed by atoms with E-state index in [1.807, 2.05) is 0 Å². The Hall–Kier alpha value is -4.28. The minimum Gasteiger partial charge on any atom is -0.505 e. The van der Waals surface area contributed by atoms with Crippen LogP contribution in [0.25, 0.3) is 0 Å². The van der Waals surface area contributed by atoms with Gasteiger partial charge in [0.15, 0.2) is 5.69 Å². The largest absolute Gasteiger partial charge is 0.505 e. The summed E-state index contributed by atoms with van der Waals surface area (Å²) in [5.74, 6) is -1.64. The maximum atomic E-state index is 12.8. The number of nitrogens with zero attached hydrogens (tertiary/aromatic N) is 1. The first-order valence-electron chi connectivity index (χ1n) is 10.4. The van der Waals surface area contributed by atoms with Crippen LogP contribution >= 0.6 is 0 Å². The van der Waals surface area contributed by atoms with Crippen molar-refractivity contribution in [3.05, 3.63) is 93.4 Å². The number of carbonyl (C=O) groups is 2. The van der Waals surface area contributed by atoms with Crippen LogP contribution in [-0.2, 0) is 24.4 Å². The van der Waals surface area contributed by atoms with Gasteiger partial charge in [0.1, 0.15) is 5.75 Å². The highest BCUT2D eigenvalue weighted by Gasteiger charge is 2.30. The standard InChI is InChI=1S/C24H22F3N3O5/c1-30-10-9-19(31)21(22(30)34)29-23(35)28-18(13-20(32)33)16-4-2-3-15(12-16)11-14-5-7-17(8-6-14)24(25,26)27/h2-10,12,18,31H,11,13H2,1H3,(H,32,33)(H2,28,29,35)/t18-/m0/s1. The second-order valence-corrected chi connectivity index (χ2v) is 7.86. The van der Waals surface area contributed by atoms with Gasteiger partial charge in [0.25, 0.3) is 5.56 Å². The molecule has 3 rings (SSSR count). The van der Waals surface area contributed by atoms with Gasteiger partial charge < -0.3 is 25.4 Å². The van der Waals surface area contributed by atoms with Crippen LogP contribution in [-0.4, -0.2) is 26.8 Å². The smallest absolute Gasteiger partial charge is 0.416 e. The van der Waals surface area contributed by atoms with Gasteiger partial charge in [-0.25, -0.2) is 4.79 Å². The Kier molecular flexibility index (Phi) is 7.48.